The van der Waals surface area contributed by atoms with Crippen LogP contribution >= 0.6 is 23.2 Å². The maximum absolute atomic E-state index is 13.3. The summed E-state index contributed by atoms with van der Waals surface area (Å²) in [6.07, 6.45) is 9.43. The van der Waals surface area contributed by atoms with Gasteiger partial charge in [0.1, 0.15) is 6.10 Å². The Morgan fingerprint density at radius 3 is 2.55 bits per heavy atom. The summed E-state index contributed by atoms with van der Waals surface area (Å²) in [4.78, 5) is 27.6. The van der Waals surface area contributed by atoms with E-state index in [0.29, 0.717) is 65.9 Å². The highest BCUT2D eigenvalue weighted by Crippen LogP contribution is 2.62. The number of amides is 1. The Bertz CT molecular complexity index is 1040. The van der Waals surface area contributed by atoms with Gasteiger partial charge in [-0.3, -0.25) is 4.79 Å². The molecule has 0 spiro atoms. The summed E-state index contributed by atoms with van der Waals surface area (Å²) in [6, 6.07) is 5.81. The summed E-state index contributed by atoms with van der Waals surface area (Å²) in [5.41, 5.74) is 2.97. The first-order chi connectivity index (χ1) is 18.2. The minimum absolute atomic E-state index is 0.0218. The quantitative estimate of drug-likeness (QED) is 0.296. The van der Waals surface area contributed by atoms with Crippen LogP contribution in [0, 0.1) is 36.0 Å². The standard InChI is InChI=1S/C31H44Cl2N2O3/c1-20-4-5-21(18-27(20)35(16-14-32)17-15-33)29(37)38-23-10-12-30(2)22(19-23)6-7-24-25(30)11-13-31(3)26(24)8-9-28(36)34-31/h4-5,18,22-26H,6-17,19H2,1-3H3,(H,34,36)/t22-,23-,24+,25-,26-,30-,31-/m0/s1. The number of piperidine rings is 1. The molecule has 4 aliphatic rings. The van der Waals surface area contributed by atoms with Gasteiger partial charge in [0.25, 0.3) is 0 Å². The lowest BCUT2D eigenvalue weighted by Gasteiger charge is -2.62. The number of aryl methyl sites for hydroxylation is 1. The number of nitrogens with one attached hydrogen (secondary N) is 1. The van der Waals surface area contributed by atoms with E-state index in [1.54, 1.807) is 0 Å². The second-order valence-electron chi connectivity index (χ2n) is 12.9. The van der Waals surface area contributed by atoms with Gasteiger partial charge in [0, 0.05) is 42.5 Å². The highest BCUT2D eigenvalue weighted by molar-refractivity contribution is 6.18. The third-order valence-corrected chi connectivity index (χ3v) is 11.2. The summed E-state index contributed by atoms with van der Waals surface area (Å²) in [5.74, 6) is 3.61. The van der Waals surface area contributed by atoms with E-state index in [1.165, 1.54) is 19.3 Å². The Morgan fingerprint density at radius 2 is 1.82 bits per heavy atom. The van der Waals surface area contributed by atoms with Crippen LogP contribution in [0.4, 0.5) is 5.69 Å². The first kappa shape index (κ1) is 28.1. The fourth-order valence-electron chi connectivity index (χ4n) is 8.85. The van der Waals surface area contributed by atoms with E-state index >= 15 is 0 Å². The molecule has 0 unspecified atom stereocenters. The topological polar surface area (TPSA) is 58.6 Å². The molecule has 1 saturated heterocycles. The van der Waals surface area contributed by atoms with Crippen LogP contribution in [-0.2, 0) is 9.53 Å². The van der Waals surface area contributed by atoms with Crippen LogP contribution in [0.3, 0.4) is 0 Å². The lowest BCUT2D eigenvalue weighted by atomic mass is 9.45. The minimum Gasteiger partial charge on any atom is -0.459 e. The number of benzene rings is 1. The number of nitrogens with zero attached hydrogens (tertiary/aromatic N) is 1. The van der Waals surface area contributed by atoms with Crippen LogP contribution in [0.25, 0.3) is 0 Å². The summed E-state index contributed by atoms with van der Waals surface area (Å²) in [5, 5.41) is 3.37. The van der Waals surface area contributed by atoms with Crippen molar-refractivity contribution >= 4 is 40.8 Å². The number of carbonyl (C=O) groups is 2. The Balaban J connectivity index is 1.25. The lowest BCUT2D eigenvalue weighted by molar-refractivity contribution is -0.142. The predicted octanol–water partition coefficient (Wildman–Crippen LogP) is 6.72. The molecule has 38 heavy (non-hydrogen) atoms. The van der Waals surface area contributed by atoms with Crippen LogP contribution in [0.5, 0.6) is 0 Å². The Kier molecular flexibility index (Phi) is 8.27. The molecule has 0 aromatic heterocycles. The molecule has 3 aliphatic carbocycles. The van der Waals surface area contributed by atoms with E-state index < -0.39 is 0 Å². The number of hydrogen-bond acceptors (Lipinski definition) is 4. The molecule has 7 heteroatoms. The molecular formula is C31H44Cl2N2O3. The number of hydrogen-bond donors (Lipinski definition) is 1. The number of ether oxygens (including phenoxy) is 1. The predicted molar refractivity (Wildman–Crippen MR) is 154 cm³/mol. The van der Waals surface area contributed by atoms with E-state index in [-0.39, 0.29) is 23.5 Å². The number of carbonyl (C=O) groups excluding carboxylic acids is 2. The fraction of sp³-hybridized carbons (Fsp3) is 0.742. The van der Waals surface area contributed by atoms with Crippen molar-refractivity contribution in [3.63, 3.8) is 0 Å². The van der Waals surface area contributed by atoms with Gasteiger partial charge in [-0.15, -0.1) is 23.2 Å². The molecule has 1 aliphatic heterocycles. The van der Waals surface area contributed by atoms with Crippen molar-refractivity contribution in [1.82, 2.24) is 5.32 Å². The van der Waals surface area contributed by atoms with Gasteiger partial charge in [0.2, 0.25) is 5.91 Å². The largest absolute Gasteiger partial charge is 0.459 e. The van der Waals surface area contributed by atoms with Crippen LogP contribution in [0.15, 0.2) is 18.2 Å². The molecule has 4 fully saturated rings. The van der Waals surface area contributed by atoms with E-state index in [0.717, 1.165) is 43.4 Å². The van der Waals surface area contributed by atoms with Gasteiger partial charge in [-0.1, -0.05) is 13.0 Å². The maximum Gasteiger partial charge on any atom is 0.338 e. The van der Waals surface area contributed by atoms with Gasteiger partial charge < -0.3 is 15.0 Å². The number of halogens is 2. The van der Waals surface area contributed by atoms with Crippen molar-refractivity contribution < 1.29 is 14.3 Å². The van der Waals surface area contributed by atoms with Gasteiger partial charge in [-0.05, 0) is 112 Å². The van der Waals surface area contributed by atoms with Crippen molar-refractivity contribution in [3.8, 4) is 0 Å². The SMILES string of the molecule is Cc1ccc(C(=O)O[C@H]2CC[C@@]3(C)[C@@H](CC[C@@H]4[C@@H]3CC[C@]3(C)NC(=O)CC[C@@H]43)C2)cc1N(CCCl)CCCl. The summed E-state index contributed by atoms with van der Waals surface area (Å²) in [7, 11) is 0. The zero-order valence-electron chi connectivity index (χ0n) is 23.2. The third kappa shape index (κ3) is 5.19. The van der Waals surface area contributed by atoms with E-state index in [2.05, 4.69) is 24.1 Å². The van der Waals surface area contributed by atoms with Crippen LogP contribution in [0.2, 0.25) is 0 Å². The van der Waals surface area contributed by atoms with Crippen molar-refractivity contribution in [2.45, 2.75) is 90.2 Å². The van der Waals surface area contributed by atoms with Crippen molar-refractivity contribution in [2.24, 2.45) is 29.1 Å². The maximum atomic E-state index is 13.3. The van der Waals surface area contributed by atoms with Crippen molar-refractivity contribution in [2.75, 3.05) is 29.7 Å². The molecule has 5 rings (SSSR count). The van der Waals surface area contributed by atoms with Gasteiger partial charge >= 0.3 is 5.97 Å². The van der Waals surface area contributed by atoms with Crippen molar-refractivity contribution in [3.05, 3.63) is 29.3 Å². The molecule has 1 N–H and O–H groups in total. The molecule has 1 heterocycles. The van der Waals surface area contributed by atoms with Gasteiger partial charge in [0.05, 0.1) is 5.56 Å². The Morgan fingerprint density at radius 1 is 1.05 bits per heavy atom. The molecule has 3 saturated carbocycles. The lowest BCUT2D eigenvalue weighted by Crippen LogP contribution is -2.63. The van der Waals surface area contributed by atoms with E-state index in [4.69, 9.17) is 27.9 Å². The second-order valence-corrected chi connectivity index (χ2v) is 13.6. The molecule has 1 aromatic carbocycles. The fourth-order valence-corrected chi connectivity index (χ4v) is 9.26. The Hall–Kier alpha value is -1.46. The highest BCUT2D eigenvalue weighted by atomic mass is 35.5. The van der Waals surface area contributed by atoms with Crippen LogP contribution in [-0.4, -0.2) is 48.4 Å². The molecule has 1 amide bonds. The number of esters is 1. The summed E-state index contributed by atoms with van der Waals surface area (Å²) < 4.78 is 6.16. The molecule has 1 aromatic rings. The zero-order valence-corrected chi connectivity index (χ0v) is 24.8. The third-order valence-electron chi connectivity index (χ3n) is 10.9. The first-order valence-corrected chi connectivity index (χ1v) is 15.7. The zero-order chi connectivity index (χ0) is 27.1. The van der Waals surface area contributed by atoms with Gasteiger partial charge in [-0.2, -0.15) is 0 Å². The van der Waals surface area contributed by atoms with Crippen LogP contribution < -0.4 is 10.2 Å². The number of rotatable bonds is 7. The number of fused-ring (bicyclic) bond motifs is 5. The van der Waals surface area contributed by atoms with Crippen molar-refractivity contribution in [1.29, 1.82) is 0 Å². The first-order valence-electron chi connectivity index (χ1n) is 14.7. The number of anilines is 1. The number of alkyl halides is 2. The molecule has 7 atom stereocenters. The molecule has 0 radical (unpaired) electrons. The Labute approximate surface area is 238 Å². The smallest absolute Gasteiger partial charge is 0.338 e. The van der Waals surface area contributed by atoms with Gasteiger partial charge in [0.15, 0.2) is 0 Å². The highest BCUT2D eigenvalue weighted by Gasteiger charge is 2.58. The monoisotopic (exact) mass is 562 g/mol. The molecule has 0 bridgehead atoms. The molecular weight excluding hydrogens is 519 g/mol. The normalized spacial score (nSPS) is 36.3. The average Bonchev–Trinajstić information content (AvgIpc) is 2.88. The average molecular weight is 564 g/mol. The van der Waals surface area contributed by atoms with E-state index in [1.807, 2.05) is 25.1 Å². The summed E-state index contributed by atoms with van der Waals surface area (Å²) >= 11 is 12.1. The van der Waals surface area contributed by atoms with Gasteiger partial charge in [-0.25, -0.2) is 4.79 Å². The molecule has 5 nitrogen and oxygen atoms in total. The second kappa shape index (κ2) is 11.2. The summed E-state index contributed by atoms with van der Waals surface area (Å²) in [6.45, 7) is 8.23. The minimum atomic E-state index is -0.225. The molecule has 210 valence electrons. The van der Waals surface area contributed by atoms with E-state index in [9.17, 15) is 9.59 Å². The van der Waals surface area contributed by atoms with Crippen LogP contribution in [0.1, 0.15) is 87.6 Å².